The number of aliphatic hydroxyl groups is 1. The molecule has 33 heavy (non-hydrogen) atoms. The van der Waals surface area contributed by atoms with Gasteiger partial charge in [-0.05, 0) is 68.9 Å². The first-order chi connectivity index (χ1) is 15.6. The van der Waals surface area contributed by atoms with Crippen LogP contribution in [0.3, 0.4) is 0 Å². The number of amides is 2. The van der Waals surface area contributed by atoms with Crippen LogP contribution in [0.1, 0.15) is 55.6 Å². The summed E-state index contributed by atoms with van der Waals surface area (Å²) in [5, 5.41) is 16.0. The summed E-state index contributed by atoms with van der Waals surface area (Å²) in [6, 6.07) is 11.4. The number of hydrogen-bond donors (Lipinski definition) is 4. The van der Waals surface area contributed by atoms with Crippen molar-refractivity contribution >= 4 is 17.1 Å². The maximum atomic E-state index is 12.9. The Hall–Kier alpha value is -3.07. The van der Waals surface area contributed by atoms with E-state index in [0.29, 0.717) is 37.1 Å². The number of para-hydroxylation sites is 2. The highest BCUT2D eigenvalue weighted by Crippen LogP contribution is 2.30. The van der Waals surface area contributed by atoms with E-state index in [-0.39, 0.29) is 18.5 Å². The molecule has 2 amide bonds. The van der Waals surface area contributed by atoms with Gasteiger partial charge in [-0.3, -0.25) is 0 Å². The molecule has 2 aromatic carbocycles. The van der Waals surface area contributed by atoms with Crippen LogP contribution in [0, 0.1) is 0 Å². The van der Waals surface area contributed by atoms with E-state index in [2.05, 4.69) is 20.6 Å². The molecule has 1 aromatic heterocycles. The molecule has 9 heteroatoms. The van der Waals surface area contributed by atoms with Crippen LogP contribution in [0.5, 0.6) is 0 Å². The monoisotopic (exact) mass is 460 g/mol. The van der Waals surface area contributed by atoms with Crippen molar-refractivity contribution in [1.29, 1.82) is 0 Å². The van der Waals surface area contributed by atoms with Crippen LogP contribution in [0.2, 0.25) is 0 Å². The SMILES string of the molecule is CC1(O)CCC(NC(=O)N[C@H](Cc2ccc(C(F)(F)F)cc2)c2nc3ccccc3[nH]2)CC1. The zero-order valence-corrected chi connectivity index (χ0v) is 18.2. The Morgan fingerprint density at radius 1 is 1.18 bits per heavy atom. The molecule has 1 aliphatic carbocycles. The molecule has 4 N–H and O–H groups in total. The number of aromatic amines is 1. The minimum Gasteiger partial charge on any atom is -0.390 e. The number of fused-ring (bicyclic) bond motifs is 1. The lowest BCUT2D eigenvalue weighted by Gasteiger charge is -2.33. The molecule has 0 aliphatic heterocycles. The van der Waals surface area contributed by atoms with Crippen LogP contribution in [0.15, 0.2) is 48.5 Å². The topological polar surface area (TPSA) is 90.0 Å². The molecule has 1 fully saturated rings. The number of H-pyrrole nitrogens is 1. The zero-order valence-electron chi connectivity index (χ0n) is 18.2. The van der Waals surface area contributed by atoms with E-state index in [1.165, 1.54) is 12.1 Å². The van der Waals surface area contributed by atoms with E-state index >= 15 is 0 Å². The third-order valence-electron chi connectivity index (χ3n) is 6.16. The summed E-state index contributed by atoms with van der Waals surface area (Å²) in [5.41, 5.74) is 0.768. The molecule has 1 heterocycles. The molecular weight excluding hydrogens is 433 g/mol. The van der Waals surface area contributed by atoms with Crippen molar-refractivity contribution in [2.45, 2.75) is 62.9 Å². The largest absolute Gasteiger partial charge is 0.416 e. The Bertz CT molecular complexity index is 1070. The third kappa shape index (κ3) is 5.84. The van der Waals surface area contributed by atoms with Crippen molar-refractivity contribution in [1.82, 2.24) is 20.6 Å². The maximum absolute atomic E-state index is 12.9. The summed E-state index contributed by atoms with van der Waals surface area (Å²) in [4.78, 5) is 20.6. The fourth-order valence-electron chi connectivity index (χ4n) is 4.19. The summed E-state index contributed by atoms with van der Waals surface area (Å²) in [5.74, 6) is 0.526. The molecule has 3 aromatic rings. The summed E-state index contributed by atoms with van der Waals surface area (Å²) in [7, 11) is 0. The van der Waals surface area contributed by atoms with Gasteiger partial charge in [0.25, 0.3) is 0 Å². The first-order valence-electron chi connectivity index (χ1n) is 11.0. The molecule has 1 saturated carbocycles. The van der Waals surface area contributed by atoms with Crippen molar-refractivity contribution in [2.24, 2.45) is 0 Å². The molecule has 0 unspecified atom stereocenters. The second kappa shape index (κ2) is 9.05. The predicted octanol–water partition coefficient (Wildman–Crippen LogP) is 4.86. The quantitative estimate of drug-likeness (QED) is 0.438. The Kier molecular flexibility index (Phi) is 6.34. The predicted molar refractivity (Wildman–Crippen MR) is 119 cm³/mol. The van der Waals surface area contributed by atoms with Crippen molar-refractivity contribution in [3.63, 3.8) is 0 Å². The number of urea groups is 1. The number of aromatic nitrogens is 2. The molecular formula is C24H27F3N4O2. The molecule has 4 rings (SSSR count). The first kappa shape index (κ1) is 23.1. The van der Waals surface area contributed by atoms with Gasteiger partial charge < -0.3 is 20.7 Å². The highest BCUT2D eigenvalue weighted by molar-refractivity contribution is 5.76. The fraction of sp³-hybridized carbons (Fsp3) is 0.417. The minimum absolute atomic E-state index is 0.0485. The second-order valence-electron chi connectivity index (χ2n) is 8.98. The third-order valence-corrected chi connectivity index (χ3v) is 6.16. The van der Waals surface area contributed by atoms with Crippen LogP contribution in [-0.4, -0.2) is 32.7 Å². The summed E-state index contributed by atoms with van der Waals surface area (Å²) < 4.78 is 38.7. The van der Waals surface area contributed by atoms with Gasteiger partial charge in [0, 0.05) is 6.04 Å². The Labute approximate surface area is 189 Å². The number of nitrogens with zero attached hydrogens (tertiary/aromatic N) is 1. The Balaban J connectivity index is 1.50. The number of benzene rings is 2. The number of carbonyl (C=O) groups excluding carboxylic acids is 1. The van der Waals surface area contributed by atoms with E-state index in [1.807, 2.05) is 24.3 Å². The number of rotatable bonds is 5. The van der Waals surface area contributed by atoms with Crippen molar-refractivity contribution in [3.05, 3.63) is 65.5 Å². The fourth-order valence-corrected chi connectivity index (χ4v) is 4.19. The lowest BCUT2D eigenvalue weighted by atomic mass is 9.84. The number of nitrogens with one attached hydrogen (secondary N) is 3. The van der Waals surface area contributed by atoms with E-state index < -0.39 is 23.4 Å². The van der Waals surface area contributed by atoms with Crippen molar-refractivity contribution in [3.8, 4) is 0 Å². The van der Waals surface area contributed by atoms with Crippen molar-refractivity contribution in [2.75, 3.05) is 0 Å². The molecule has 0 saturated heterocycles. The molecule has 1 atom stereocenters. The maximum Gasteiger partial charge on any atom is 0.416 e. The number of hydrogen-bond acceptors (Lipinski definition) is 3. The molecule has 176 valence electrons. The standard InChI is InChI=1S/C24H27F3N4O2/c1-23(33)12-10-17(11-13-23)28-22(32)31-20(21-29-18-4-2-3-5-19(18)30-21)14-15-6-8-16(9-7-15)24(25,26)27/h2-9,17,20,33H,10-14H2,1H3,(H,29,30)(H2,28,31,32)/t17?,20-,23?/m1/s1. The van der Waals surface area contributed by atoms with Gasteiger partial charge >= 0.3 is 12.2 Å². The molecule has 0 spiro atoms. The minimum atomic E-state index is -4.40. The number of carbonyl (C=O) groups is 1. The van der Waals surface area contributed by atoms with Gasteiger partial charge in [0.1, 0.15) is 5.82 Å². The highest BCUT2D eigenvalue weighted by Gasteiger charge is 2.31. The Morgan fingerprint density at radius 2 is 1.85 bits per heavy atom. The molecule has 0 bridgehead atoms. The van der Waals surface area contributed by atoms with E-state index in [0.717, 1.165) is 23.2 Å². The van der Waals surface area contributed by atoms with Gasteiger partial charge in [-0.25, -0.2) is 9.78 Å². The van der Waals surface area contributed by atoms with E-state index in [9.17, 15) is 23.1 Å². The van der Waals surface area contributed by atoms with Crippen molar-refractivity contribution < 1.29 is 23.1 Å². The average Bonchev–Trinajstić information content (AvgIpc) is 3.19. The molecule has 0 radical (unpaired) electrons. The van der Waals surface area contributed by atoms with Crippen LogP contribution < -0.4 is 10.6 Å². The molecule has 1 aliphatic rings. The van der Waals surface area contributed by atoms with Gasteiger partial charge in [0.2, 0.25) is 0 Å². The van der Waals surface area contributed by atoms with E-state index in [1.54, 1.807) is 6.92 Å². The lowest BCUT2D eigenvalue weighted by Crippen LogP contribution is -2.47. The zero-order chi connectivity index (χ0) is 23.6. The Morgan fingerprint density at radius 3 is 2.48 bits per heavy atom. The lowest BCUT2D eigenvalue weighted by molar-refractivity contribution is -0.137. The van der Waals surface area contributed by atoms with Gasteiger partial charge in [-0.1, -0.05) is 24.3 Å². The van der Waals surface area contributed by atoms with Crippen LogP contribution in [-0.2, 0) is 12.6 Å². The number of alkyl halides is 3. The highest BCUT2D eigenvalue weighted by atomic mass is 19.4. The number of halogens is 3. The van der Waals surface area contributed by atoms with Gasteiger partial charge in [0.05, 0.1) is 28.2 Å². The van der Waals surface area contributed by atoms with Gasteiger partial charge in [-0.2, -0.15) is 13.2 Å². The summed E-state index contributed by atoms with van der Waals surface area (Å²) >= 11 is 0. The smallest absolute Gasteiger partial charge is 0.390 e. The average molecular weight is 461 g/mol. The van der Waals surface area contributed by atoms with Crippen LogP contribution >= 0.6 is 0 Å². The van der Waals surface area contributed by atoms with Gasteiger partial charge in [-0.15, -0.1) is 0 Å². The summed E-state index contributed by atoms with van der Waals surface area (Å²) in [6.45, 7) is 1.80. The van der Waals surface area contributed by atoms with Crippen LogP contribution in [0.25, 0.3) is 11.0 Å². The normalized spacial score (nSPS) is 22.2. The first-order valence-corrected chi connectivity index (χ1v) is 11.0. The second-order valence-corrected chi connectivity index (χ2v) is 8.98. The van der Waals surface area contributed by atoms with Gasteiger partial charge in [0.15, 0.2) is 0 Å². The summed E-state index contributed by atoms with van der Waals surface area (Å²) in [6.07, 6.45) is -1.57. The molecule has 6 nitrogen and oxygen atoms in total. The number of imidazole rings is 1. The van der Waals surface area contributed by atoms with E-state index in [4.69, 9.17) is 0 Å². The van der Waals surface area contributed by atoms with Crippen LogP contribution in [0.4, 0.5) is 18.0 Å².